The lowest BCUT2D eigenvalue weighted by Gasteiger charge is -2.12. The largest absolute Gasteiger partial charge is 0.354 e. The van der Waals surface area contributed by atoms with Gasteiger partial charge in [-0.2, -0.15) is 15.0 Å². The van der Waals surface area contributed by atoms with Gasteiger partial charge in [0.2, 0.25) is 17.2 Å². The highest BCUT2D eigenvalue weighted by Gasteiger charge is 2.45. The molecule has 1 aliphatic carbocycles. The van der Waals surface area contributed by atoms with Gasteiger partial charge in [-0.05, 0) is 29.4 Å². The maximum atomic E-state index is 5.85. The molecule has 1 atom stereocenters. The van der Waals surface area contributed by atoms with Crippen molar-refractivity contribution in [1.82, 2.24) is 15.0 Å². The van der Waals surface area contributed by atoms with Crippen LogP contribution in [0.4, 0.5) is 11.9 Å². The van der Waals surface area contributed by atoms with Crippen LogP contribution in [0.1, 0.15) is 20.3 Å². The maximum Gasteiger partial charge on any atom is 0.230 e. The zero-order valence-corrected chi connectivity index (χ0v) is 11.4. The zero-order valence-electron chi connectivity index (χ0n) is 10.7. The van der Waals surface area contributed by atoms with Crippen molar-refractivity contribution in [3.8, 4) is 0 Å². The number of anilines is 2. The van der Waals surface area contributed by atoms with Crippen LogP contribution in [-0.4, -0.2) is 35.6 Å². The summed E-state index contributed by atoms with van der Waals surface area (Å²) in [4.78, 5) is 14.2. The van der Waals surface area contributed by atoms with Crippen molar-refractivity contribution in [3.63, 3.8) is 0 Å². The lowest BCUT2D eigenvalue weighted by molar-refractivity contribution is 0.572. The van der Waals surface area contributed by atoms with E-state index in [9.17, 15) is 0 Å². The Kier molecular flexibility index (Phi) is 3.12. The number of nitrogens with zero attached hydrogens (tertiary/aromatic N) is 4. The predicted molar refractivity (Wildman–Crippen MR) is 69.5 cm³/mol. The molecule has 1 aromatic rings. The number of aromatic nitrogens is 3. The van der Waals surface area contributed by atoms with Gasteiger partial charge in [0.25, 0.3) is 0 Å². The van der Waals surface area contributed by atoms with E-state index in [-0.39, 0.29) is 5.28 Å². The second-order valence-electron chi connectivity index (χ2n) is 5.39. The van der Waals surface area contributed by atoms with Gasteiger partial charge < -0.3 is 10.2 Å². The minimum atomic E-state index is 0.223. The molecule has 1 fully saturated rings. The minimum Gasteiger partial charge on any atom is -0.354 e. The molecule has 1 aromatic heterocycles. The van der Waals surface area contributed by atoms with Crippen molar-refractivity contribution in [2.24, 2.45) is 11.3 Å². The minimum absolute atomic E-state index is 0.223. The Bertz CT molecular complexity index is 418. The van der Waals surface area contributed by atoms with Gasteiger partial charge in [-0.3, -0.25) is 0 Å². The third-order valence-electron chi connectivity index (χ3n) is 3.22. The van der Waals surface area contributed by atoms with Gasteiger partial charge in [0.15, 0.2) is 0 Å². The van der Waals surface area contributed by atoms with Gasteiger partial charge in [-0.15, -0.1) is 0 Å². The van der Waals surface area contributed by atoms with Crippen LogP contribution < -0.4 is 10.2 Å². The van der Waals surface area contributed by atoms with E-state index in [1.54, 1.807) is 4.90 Å². The highest BCUT2D eigenvalue weighted by molar-refractivity contribution is 6.28. The molecule has 0 aromatic carbocycles. The highest BCUT2D eigenvalue weighted by Crippen LogP contribution is 2.51. The molecule has 2 rings (SSSR count). The SMILES string of the molecule is CN(C)c1nc(Cl)nc(NCC2CC2(C)C)n1. The molecule has 0 spiro atoms. The summed E-state index contributed by atoms with van der Waals surface area (Å²) in [6.07, 6.45) is 1.25. The molecule has 0 amide bonds. The summed E-state index contributed by atoms with van der Waals surface area (Å²) >= 11 is 5.85. The molecule has 1 heterocycles. The van der Waals surface area contributed by atoms with Crippen molar-refractivity contribution < 1.29 is 0 Å². The van der Waals surface area contributed by atoms with Crippen LogP contribution in [0.2, 0.25) is 5.28 Å². The van der Waals surface area contributed by atoms with Crippen molar-refractivity contribution in [3.05, 3.63) is 5.28 Å². The number of rotatable bonds is 4. The average Bonchev–Trinajstić information content (AvgIpc) is 2.83. The predicted octanol–water partition coefficient (Wildman–Crippen LogP) is 2.05. The number of nitrogens with one attached hydrogen (secondary N) is 1. The van der Waals surface area contributed by atoms with Crippen LogP contribution in [0.15, 0.2) is 0 Å². The molecule has 6 heteroatoms. The van der Waals surface area contributed by atoms with Gasteiger partial charge in [-0.25, -0.2) is 0 Å². The van der Waals surface area contributed by atoms with E-state index >= 15 is 0 Å². The second-order valence-corrected chi connectivity index (χ2v) is 5.73. The molecule has 1 unspecified atom stereocenters. The lowest BCUT2D eigenvalue weighted by Crippen LogP contribution is -2.16. The summed E-state index contributed by atoms with van der Waals surface area (Å²) in [6, 6.07) is 0. The second kappa shape index (κ2) is 4.29. The molecule has 0 radical (unpaired) electrons. The molecule has 1 saturated carbocycles. The summed E-state index contributed by atoms with van der Waals surface area (Å²) < 4.78 is 0. The van der Waals surface area contributed by atoms with E-state index in [4.69, 9.17) is 11.6 Å². The molecule has 17 heavy (non-hydrogen) atoms. The first-order valence-corrected chi connectivity index (χ1v) is 6.09. The molecular weight excluding hydrogens is 238 g/mol. The topological polar surface area (TPSA) is 53.9 Å². The van der Waals surface area contributed by atoms with Crippen LogP contribution in [-0.2, 0) is 0 Å². The Morgan fingerprint density at radius 3 is 2.53 bits per heavy atom. The Morgan fingerprint density at radius 2 is 2.00 bits per heavy atom. The molecule has 0 bridgehead atoms. The third kappa shape index (κ3) is 2.97. The Balaban J connectivity index is 2.01. The summed E-state index contributed by atoms with van der Waals surface area (Å²) in [5.74, 6) is 1.82. The van der Waals surface area contributed by atoms with Crippen molar-refractivity contribution in [2.45, 2.75) is 20.3 Å². The quantitative estimate of drug-likeness (QED) is 0.893. The number of halogens is 1. The fourth-order valence-corrected chi connectivity index (χ4v) is 1.91. The average molecular weight is 256 g/mol. The van der Waals surface area contributed by atoms with E-state index in [0.29, 0.717) is 23.2 Å². The van der Waals surface area contributed by atoms with Crippen LogP contribution in [0.5, 0.6) is 0 Å². The first-order chi connectivity index (χ1) is 7.88. The first kappa shape index (κ1) is 12.4. The van der Waals surface area contributed by atoms with Crippen molar-refractivity contribution in [1.29, 1.82) is 0 Å². The standard InChI is InChI=1S/C11H18ClN5/c1-11(2)5-7(11)6-13-9-14-8(12)15-10(16-9)17(3)4/h7H,5-6H2,1-4H3,(H,13,14,15,16). The van der Waals surface area contributed by atoms with Crippen LogP contribution in [0, 0.1) is 11.3 Å². The van der Waals surface area contributed by atoms with Crippen LogP contribution in [0.25, 0.3) is 0 Å². The fraction of sp³-hybridized carbons (Fsp3) is 0.727. The first-order valence-electron chi connectivity index (χ1n) is 5.71. The molecule has 0 saturated heterocycles. The molecule has 1 aliphatic rings. The monoisotopic (exact) mass is 255 g/mol. The van der Waals surface area contributed by atoms with Gasteiger partial charge >= 0.3 is 0 Å². The summed E-state index contributed by atoms with van der Waals surface area (Å²) in [6.45, 7) is 5.43. The van der Waals surface area contributed by atoms with Crippen LogP contribution >= 0.6 is 11.6 Å². The van der Waals surface area contributed by atoms with E-state index < -0.39 is 0 Å². The Hall–Kier alpha value is -1.10. The number of hydrogen-bond donors (Lipinski definition) is 1. The molecule has 0 aliphatic heterocycles. The molecule has 5 nitrogen and oxygen atoms in total. The van der Waals surface area contributed by atoms with Gasteiger partial charge in [-0.1, -0.05) is 13.8 Å². The normalized spacial score (nSPS) is 21.1. The van der Waals surface area contributed by atoms with Crippen LogP contribution in [0.3, 0.4) is 0 Å². The van der Waals surface area contributed by atoms with Gasteiger partial charge in [0.05, 0.1) is 0 Å². The molecule has 1 N–H and O–H groups in total. The summed E-state index contributed by atoms with van der Waals surface area (Å²) in [5, 5.41) is 3.45. The summed E-state index contributed by atoms with van der Waals surface area (Å²) in [7, 11) is 3.75. The van der Waals surface area contributed by atoms with E-state index in [0.717, 1.165) is 6.54 Å². The smallest absolute Gasteiger partial charge is 0.230 e. The summed E-state index contributed by atoms with van der Waals surface area (Å²) in [5.41, 5.74) is 0.453. The lowest BCUT2D eigenvalue weighted by atomic mass is 10.1. The maximum absolute atomic E-state index is 5.85. The number of hydrogen-bond acceptors (Lipinski definition) is 5. The van der Waals surface area contributed by atoms with E-state index in [2.05, 4.69) is 34.1 Å². The zero-order chi connectivity index (χ0) is 12.6. The fourth-order valence-electron chi connectivity index (χ4n) is 1.76. The molecular formula is C11H18ClN5. The van der Waals surface area contributed by atoms with Crippen molar-refractivity contribution >= 4 is 23.5 Å². The highest BCUT2D eigenvalue weighted by atomic mass is 35.5. The van der Waals surface area contributed by atoms with E-state index in [1.165, 1.54) is 6.42 Å². The molecule has 94 valence electrons. The Labute approximate surface area is 107 Å². The van der Waals surface area contributed by atoms with E-state index in [1.807, 2.05) is 14.1 Å². The van der Waals surface area contributed by atoms with Crippen molar-refractivity contribution in [2.75, 3.05) is 30.9 Å². The van der Waals surface area contributed by atoms with Gasteiger partial charge in [0.1, 0.15) is 0 Å². The Morgan fingerprint density at radius 1 is 1.35 bits per heavy atom. The van der Waals surface area contributed by atoms with Gasteiger partial charge in [0, 0.05) is 20.6 Å². The third-order valence-corrected chi connectivity index (χ3v) is 3.39.